The number of ether oxygens (including phenoxy) is 1. The van der Waals surface area contributed by atoms with Gasteiger partial charge >= 0.3 is 0 Å². The zero-order valence-corrected chi connectivity index (χ0v) is 19.3. The molecule has 3 aromatic carbocycles. The van der Waals surface area contributed by atoms with Gasteiger partial charge in [0.1, 0.15) is 17.3 Å². The highest BCUT2D eigenvalue weighted by atomic mass is 35.5. The van der Waals surface area contributed by atoms with Gasteiger partial charge in [0.05, 0.1) is 12.8 Å². The van der Waals surface area contributed by atoms with Crippen LogP contribution in [0.15, 0.2) is 84.1 Å². The van der Waals surface area contributed by atoms with Crippen LogP contribution in [0.2, 0.25) is 10.0 Å². The number of aromatic nitrogens is 2. The van der Waals surface area contributed by atoms with Crippen LogP contribution in [0.3, 0.4) is 0 Å². The standard InChI is InChI=1S/C25H19Cl2FN4O2/c26-19-9-11-20(12-10-19)34-16-24(33)30-29-13-18-14-32(15-21-22(27)7-4-8-23(21)28)31-25(18)17-5-2-1-3-6-17/h1-14H,15-16H2,(H,30,33)/b29-13-. The molecule has 0 saturated carbocycles. The van der Waals surface area contributed by atoms with Crippen molar-refractivity contribution in [1.29, 1.82) is 0 Å². The molecule has 1 heterocycles. The highest BCUT2D eigenvalue weighted by Crippen LogP contribution is 2.24. The molecule has 172 valence electrons. The van der Waals surface area contributed by atoms with Gasteiger partial charge < -0.3 is 4.74 Å². The summed E-state index contributed by atoms with van der Waals surface area (Å²) in [5, 5.41) is 9.52. The Balaban J connectivity index is 1.48. The Morgan fingerprint density at radius 1 is 1.06 bits per heavy atom. The first-order chi connectivity index (χ1) is 16.5. The highest BCUT2D eigenvalue weighted by Gasteiger charge is 2.13. The van der Waals surface area contributed by atoms with E-state index in [1.807, 2.05) is 30.3 Å². The topological polar surface area (TPSA) is 68.5 Å². The first kappa shape index (κ1) is 23.5. The van der Waals surface area contributed by atoms with Crippen LogP contribution in [0.1, 0.15) is 11.1 Å². The minimum atomic E-state index is -0.432. The van der Waals surface area contributed by atoms with Crippen LogP contribution in [0, 0.1) is 5.82 Å². The molecule has 0 aliphatic carbocycles. The molecule has 4 rings (SSSR count). The average Bonchev–Trinajstić information content (AvgIpc) is 3.24. The smallest absolute Gasteiger partial charge is 0.277 e. The minimum absolute atomic E-state index is 0.139. The molecule has 0 radical (unpaired) electrons. The third kappa shape index (κ3) is 6.01. The van der Waals surface area contributed by atoms with E-state index in [0.717, 1.165) is 5.56 Å². The Labute approximate surface area is 205 Å². The lowest BCUT2D eigenvalue weighted by atomic mass is 10.1. The number of carbonyl (C=O) groups excluding carboxylic acids is 1. The van der Waals surface area contributed by atoms with E-state index in [9.17, 15) is 9.18 Å². The molecule has 0 bridgehead atoms. The number of halogens is 3. The minimum Gasteiger partial charge on any atom is -0.484 e. The summed E-state index contributed by atoms with van der Waals surface area (Å²) in [6.45, 7) is -0.0734. The number of carbonyl (C=O) groups is 1. The molecule has 0 aliphatic rings. The summed E-state index contributed by atoms with van der Waals surface area (Å²) >= 11 is 12.0. The van der Waals surface area contributed by atoms with Crippen LogP contribution in [0.4, 0.5) is 4.39 Å². The molecular weight excluding hydrogens is 478 g/mol. The maximum atomic E-state index is 14.3. The molecule has 0 saturated heterocycles. The molecule has 34 heavy (non-hydrogen) atoms. The van der Waals surface area contributed by atoms with Crippen molar-refractivity contribution >= 4 is 35.3 Å². The van der Waals surface area contributed by atoms with Crippen molar-refractivity contribution in [3.8, 4) is 17.0 Å². The first-order valence-corrected chi connectivity index (χ1v) is 11.0. The van der Waals surface area contributed by atoms with Gasteiger partial charge in [0.2, 0.25) is 0 Å². The Hall–Kier alpha value is -3.68. The van der Waals surface area contributed by atoms with E-state index in [1.54, 1.807) is 47.3 Å². The average molecular weight is 497 g/mol. The van der Waals surface area contributed by atoms with Gasteiger partial charge in [0.15, 0.2) is 6.61 Å². The maximum absolute atomic E-state index is 14.3. The summed E-state index contributed by atoms with van der Waals surface area (Å²) in [6, 6.07) is 20.7. The molecule has 0 spiro atoms. The Morgan fingerprint density at radius 3 is 2.56 bits per heavy atom. The van der Waals surface area contributed by atoms with Crippen LogP contribution >= 0.6 is 23.2 Å². The molecule has 1 amide bonds. The van der Waals surface area contributed by atoms with E-state index < -0.39 is 11.7 Å². The Kier molecular flexibility index (Phi) is 7.57. The lowest BCUT2D eigenvalue weighted by Crippen LogP contribution is -2.24. The number of nitrogens with zero attached hydrogens (tertiary/aromatic N) is 3. The summed E-state index contributed by atoms with van der Waals surface area (Å²) in [5.74, 6) is -0.326. The maximum Gasteiger partial charge on any atom is 0.277 e. The normalized spacial score (nSPS) is 11.0. The summed E-state index contributed by atoms with van der Waals surface area (Å²) in [5.41, 5.74) is 4.88. The van der Waals surface area contributed by atoms with E-state index in [0.29, 0.717) is 32.6 Å². The monoisotopic (exact) mass is 496 g/mol. The van der Waals surface area contributed by atoms with Crippen molar-refractivity contribution in [2.75, 3.05) is 6.61 Å². The van der Waals surface area contributed by atoms with Gasteiger partial charge in [0.25, 0.3) is 5.91 Å². The second-order valence-corrected chi connectivity index (χ2v) is 8.08. The van der Waals surface area contributed by atoms with Crippen LogP contribution in [0.5, 0.6) is 5.75 Å². The van der Waals surface area contributed by atoms with Gasteiger partial charge in [-0.3, -0.25) is 9.48 Å². The van der Waals surface area contributed by atoms with Gasteiger partial charge in [-0.2, -0.15) is 10.2 Å². The lowest BCUT2D eigenvalue weighted by Gasteiger charge is -2.05. The summed E-state index contributed by atoms with van der Waals surface area (Å²) in [4.78, 5) is 12.1. The van der Waals surface area contributed by atoms with Gasteiger partial charge in [0, 0.05) is 32.9 Å². The molecule has 0 aliphatic heterocycles. The lowest BCUT2D eigenvalue weighted by molar-refractivity contribution is -0.123. The number of hydrogen-bond donors (Lipinski definition) is 1. The fourth-order valence-corrected chi connectivity index (χ4v) is 3.51. The number of amides is 1. The molecule has 9 heteroatoms. The van der Waals surface area contributed by atoms with Crippen molar-refractivity contribution in [2.24, 2.45) is 5.10 Å². The molecule has 0 atom stereocenters. The van der Waals surface area contributed by atoms with Crippen molar-refractivity contribution in [1.82, 2.24) is 15.2 Å². The fourth-order valence-electron chi connectivity index (χ4n) is 3.16. The molecule has 1 aromatic heterocycles. The van der Waals surface area contributed by atoms with Crippen LogP contribution in [-0.4, -0.2) is 28.5 Å². The Bertz CT molecular complexity index is 1290. The van der Waals surface area contributed by atoms with Gasteiger partial charge in [-0.25, -0.2) is 9.82 Å². The summed E-state index contributed by atoms with van der Waals surface area (Å²) < 4.78 is 21.2. The molecule has 0 unspecified atom stereocenters. The predicted octanol–water partition coefficient (Wildman–Crippen LogP) is 5.57. The molecular formula is C25H19Cl2FN4O2. The quantitative estimate of drug-likeness (QED) is 0.256. The number of rotatable bonds is 8. The second-order valence-electron chi connectivity index (χ2n) is 7.23. The molecule has 4 aromatic rings. The zero-order chi connectivity index (χ0) is 23.9. The Morgan fingerprint density at radius 2 is 1.82 bits per heavy atom. The van der Waals surface area contributed by atoms with Crippen LogP contribution in [-0.2, 0) is 11.3 Å². The van der Waals surface area contributed by atoms with Gasteiger partial charge in [-0.05, 0) is 36.4 Å². The molecule has 0 fully saturated rings. The van der Waals surface area contributed by atoms with Crippen LogP contribution < -0.4 is 10.2 Å². The number of hydrogen-bond acceptors (Lipinski definition) is 4. The first-order valence-electron chi connectivity index (χ1n) is 10.3. The predicted molar refractivity (Wildman–Crippen MR) is 131 cm³/mol. The van der Waals surface area contributed by atoms with Crippen molar-refractivity contribution in [3.63, 3.8) is 0 Å². The van der Waals surface area contributed by atoms with Gasteiger partial charge in [-0.1, -0.05) is 59.6 Å². The van der Waals surface area contributed by atoms with E-state index >= 15 is 0 Å². The number of benzene rings is 3. The SMILES string of the molecule is O=C(COc1ccc(Cl)cc1)N/N=C\c1cn(Cc2c(F)cccc2Cl)nc1-c1ccccc1. The van der Waals surface area contributed by atoms with E-state index in [4.69, 9.17) is 27.9 Å². The van der Waals surface area contributed by atoms with Crippen molar-refractivity contribution < 1.29 is 13.9 Å². The molecule has 1 N–H and O–H groups in total. The second kappa shape index (κ2) is 11.0. The summed E-state index contributed by atoms with van der Waals surface area (Å²) in [7, 11) is 0. The largest absolute Gasteiger partial charge is 0.484 e. The molecule has 6 nitrogen and oxygen atoms in total. The van der Waals surface area contributed by atoms with E-state index in [-0.39, 0.29) is 13.2 Å². The fraction of sp³-hybridized carbons (Fsp3) is 0.0800. The van der Waals surface area contributed by atoms with Crippen molar-refractivity contribution in [3.05, 3.63) is 106 Å². The third-order valence-corrected chi connectivity index (χ3v) is 5.40. The van der Waals surface area contributed by atoms with Gasteiger partial charge in [-0.15, -0.1) is 0 Å². The van der Waals surface area contributed by atoms with Crippen molar-refractivity contribution in [2.45, 2.75) is 6.54 Å². The van der Waals surface area contributed by atoms with E-state index in [2.05, 4.69) is 15.6 Å². The number of nitrogens with one attached hydrogen (secondary N) is 1. The van der Waals surface area contributed by atoms with Crippen LogP contribution in [0.25, 0.3) is 11.3 Å². The number of hydrazone groups is 1. The summed E-state index contributed by atoms with van der Waals surface area (Å²) in [6.07, 6.45) is 3.19. The third-order valence-electron chi connectivity index (χ3n) is 4.80. The van der Waals surface area contributed by atoms with E-state index in [1.165, 1.54) is 12.3 Å². The zero-order valence-electron chi connectivity index (χ0n) is 17.8. The highest BCUT2D eigenvalue weighted by molar-refractivity contribution is 6.31.